The van der Waals surface area contributed by atoms with Gasteiger partial charge in [0.05, 0.1) is 11.0 Å². The molecule has 2 N–H and O–H groups in total. The van der Waals surface area contributed by atoms with E-state index < -0.39 is 10.7 Å². The molecule has 0 aliphatic carbocycles. The van der Waals surface area contributed by atoms with Crippen molar-refractivity contribution in [2.75, 3.05) is 0 Å². The molecule has 1 atom stereocenters. The Morgan fingerprint density at radius 1 is 1.60 bits per heavy atom. The van der Waals surface area contributed by atoms with Gasteiger partial charge in [-0.2, -0.15) is 0 Å². The smallest absolute Gasteiger partial charge is 0.275 e. The fraction of sp³-hybridized carbons (Fsp3) is 0.400. The molecule has 0 amide bonds. The fourth-order valence-corrected chi connectivity index (χ4v) is 1.31. The van der Waals surface area contributed by atoms with E-state index in [1.54, 1.807) is 0 Å². The number of nitrogens with two attached hydrogens (primary N) is 1. The lowest BCUT2D eigenvalue weighted by atomic mass is 10.0. The van der Waals surface area contributed by atoms with Crippen LogP contribution in [0, 0.1) is 15.9 Å². The first kappa shape index (κ1) is 11.6. The molecule has 0 aromatic heterocycles. The van der Waals surface area contributed by atoms with E-state index in [0.29, 0.717) is 12.0 Å². The highest BCUT2D eigenvalue weighted by Crippen LogP contribution is 2.21. The van der Waals surface area contributed by atoms with Crippen molar-refractivity contribution in [2.45, 2.75) is 25.8 Å². The monoisotopic (exact) mass is 212 g/mol. The Bertz CT molecular complexity index is 368. The summed E-state index contributed by atoms with van der Waals surface area (Å²) in [7, 11) is 0. The number of nitro groups is 1. The van der Waals surface area contributed by atoms with Crippen LogP contribution >= 0.6 is 0 Å². The van der Waals surface area contributed by atoms with Crippen LogP contribution in [0.1, 0.15) is 18.9 Å². The molecule has 0 spiro atoms. The number of nitrogens with zero attached hydrogens (tertiary/aromatic N) is 1. The van der Waals surface area contributed by atoms with Crippen molar-refractivity contribution in [1.29, 1.82) is 0 Å². The first-order valence-corrected chi connectivity index (χ1v) is 4.73. The Kier molecular flexibility index (Phi) is 3.74. The van der Waals surface area contributed by atoms with Crippen LogP contribution in [-0.4, -0.2) is 11.0 Å². The van der Waals surface area contributed by atoms with E-state index >= 15 is 0 Å². The van der Waals surface area contributed by atoms with Crippen LogP contribution in [0.15, 0.2) is 18.2 Å². The van der Waals surface area contributed by atoms with Crippen LogP contribution in [0.4, 0.5) is 10.1 Å². The standard InChI is InChI=1S/C10H13FN2O2/c1-2-9(12)5-7-3-4-8(11)6-10(7)13(14)15/h3-4,6,9H,2,5,12H2,1H3. The second-order valence-electron chi connectivity index (χ2n) is 3.40. The Hall–Kier alpha value is -1.49. The van der Waals surface area contributed by atoms with E-state index in [-0.39, 0.29) is 11.7 Å². The van der Waals surface area contributed by atoms with Crippen LogP contribution in [-0.2, 0) is 6.42 Å². The van der Waals surface area contributed by atoms with Gasteiger partial charge in [-0.1, -0.05) is 6.92 Å². The highest BCUT2D eigenvalue weighted by molar-refractivity contribution is 5.40. The van der Waals surface area contributed by atoms with Gasteiger partial charge < -0.3 is 5.73 Å². The third-order valence-electron chi connectivity index (χ3n) is 2.25. The Labute approximate surface area is 87.0 Å². The maximum atomic E-state index is 12.8. The van der Waals surface area contributed by atoms with Crippen LogP contribution in [0.25, 0.3) is 0 Å². The summed E-state index contributed by atoms with van der Waals surface area (Å²) in [6, 6.07) is 3.43. The van der Waals surface area contributed by atoms with Gasteiger partial charge in [-0.05, 0) is 25.0 Å². The molecule has 0 fully saturated rings. The molecule has 15 heavy (non-hydrogen) atoms. The van der Waals surface area contributed by atoms with Gasteiger partial charge in [0.2, 0.25) is 0 Å². The topological polar surface area (TPSA) is 69.2 Å². The minimum absolute atomic E-state index is 0.130. The molecular weight excluding hydrogens is 199 g/mol. The number of halogens is 1. The molecule has 1 rings (SSSR count). The van der Waals surface area contributed by atoms with E-state index in [0.717, 1.165) is 12.5 Å². The normalized spacial score (nSPS) is 12.5. The van der Waals surface area contributed by atoms with Crippen LogP contribution in [0.2, 0.25) is 0 Å². The molecule has 0 aliphatic heterocycles. The summed E-state index contributed by atoms with van der Waals surface area (Å²) in [5.41, 5.74) is 5.98. The van der Waals surface area contributed by atoms with Gasteiger partial charge in [0.15, 0.2) is 0 Å². The molecule has 5 heteroatoms. The lowest BCUT2D eigenvalue weighted by Gasteiger charge is -2.08. The zero-order valence-electron chi connectivity index (χ0n) is 8.44. The second-order valence-corrected chi connectivity index (χ2v) is 3.40. The number of hydrogen-bond donors (Lipinski definition) is 1. The van der Waals surface area contributed by atoms with Crippen LogP contribution in [0.5, 0.6) is 0 Å². The Morgan fingerprint density at radius 2 is 2.27 bits per heavy atom. The average Bonchev–Trinajstić information content (AvgIpc) is 2.20. The molecule has 0 bridgehead atoms. The summed E-state index contributed by atoms with van der Waals surface area (Å²) in [5.74, 6) is -0.601. The van der Waals surface area contributed by atoms with Gasteiger partial charge in [-0.3, -0.25) is 10.1 Å². The SMILES string of the molecule is CCC(N)Cc1ccc(F)cc1[N+](=O)[O-]. The molecule has 0 radical (unpaired) electrons. The second kappa shape index (κ2) is 4.84. The summed E-state index contributed by atoms with van der Waals surface area (Å²) in [5, 5.41) is 10.6. The van der Waals surface area contributed by atoms with Gasteiger partial charge in [-0.15, -0.1) is 0 Å². The van der Waals surface area contributed by atoms with Crippen molar-refractivity contribution in [2.24, 2.45) is 5.73 Å². The average molecular weight is 212 g/mol. The lowest BCUT2D eigenvalue weighted by Crippen LogP contribution is -2.21. The molecule has 0 aliphatic rings. The highest BCUT2D eigenvalue weighted by atomic mass is 19.1. The lowest BCUT2D eigenvalue weighted by molar-refractivity contribution is -0.385. The first-order chi connectivity index (χ1) is 7.04. The predicted molar refractivity (Wildman–Crippen MR) is 55.0 cm³/mol. The molecule has 82 valence electrons. The van der Waals surface area contributed by atoms with E-state index in [2.05, 4.69) is 0 Å². The summed E-state index contributed by atoms with van der Waals surface area (Å²) in [6.07, 6.45) is 1.13. The minimum Gasteiger partial charge on any atom is -0.327 e. The summed E-state index contributed by atoms with van der Waals surface area (Å²) >= 11 is 0. The highest BCUT2D eigenvalue weighted by Gasteiger charge is 2.16. The predicted octanol–water partition coefficient (Wildman–Crippen LogP) is 2.01. The minimum atomic E-state index is -0.601. The van der Waals surface area contributed by atoms with E-state index in [1.165, 1.54) is 12.1 Å². The Balaban J connectivity index is 3.01. The summed E-state index contributed by atoms with van der Waals surface area (Å²) < 4.78 is 12.8. The number of hydrogen-bond acceptors (Lipinski definition) is 3. The molecular formula is C10H13FN2O2. The van der Waals surface area contributed by atoms with Crippen molar-refractivity contribution in [3.63, 3.8) is 0 Å². The van der Waals surface area contributed by atoms with E-state index in [1.807, 2.05) is 6.92 Å². The summed E-state index contributed by atoms with van der Waals surface area (Å²) in [4.78, 5) is 10.1. The maximum Gasteiger partial charge on any atom is 0.275 e. The van der Waals surface area contributed by atoms with Gasteiger partial charge >= 0.3 is 0 Å². The maximum absolute atomic E-state index is 12.8. The van der Waals surface area contributed by atoms with E-state index in [4.69, 9.17) is 5.73 Å². The first-order valence-electron chi connectivity index (χ1n) is 4.73. The van der Waals surface area contributed by atoms with Crippen molar-refractivity contribution in [3.05, 3.63) is 39.7 Å². The fourth-order valence-electron chi connectivity index (χ4n) is 1.31. The van der Waals surface area contributed by atoms with Crippen molar-refractivity contribution in [3.8, 4) is 0 Å². The number of nitro benzene ring substituents is 1. The van der Waals surface area contributed by atoms with Crippen molar-refractivity contribution < 1.29 is 9.31 Å². The Morgan fingerprint density at radius 3 is 2.80 bits per heavy atom. The largest absolute Gasteiger partial charge is 0.327 e. The molecule has 0 heterocycles. The van der Waals surface area contributed by atoms with Crippen LogP contribution in [0.3, 0.4) is 0 Å². The number of rotatable bonds is 4. The molecule has 4 nitrogen and oxygen atoms in total. The van der Waals surface area contributed by atoms with Gasteiger partial charge in [0.25, 0.3) is 5.69 Å². The third-order valence-corrected chi connectivity index (χ3v) is 2.25. The van der Waals surface area contributed by atoms with Gasteiger partial charge in [-0.25, -0.2) is 4.39 Å². The van der Waals surface area contributed by atoms with Crippen LogP contribution < -0.4 is 5.73 Å². The molecule has 0 saturated heterocycles. The molecule has 1 unspecified atom stereocenters. The van der Waals surface area contributed by atoms with Gasteiger partial charge in [0, 0.05) is 11.6 Å². The summed E-state index contributed by atoms with van der Waals surface area (Å²) in [6.45, 7) is 1.90. The third kappa shape index (κ3) is 2.99. The number of benzene rings is 1. The quantitative estimate of drug-likeness (QED) is 0.613. The van der Waals surface area contributed by atoms with Crippen molar-refractivity contribution in [1.82, 2.24) is 0 Å². The molecule has 0 saturated carbocycles. The zero-order chi connectivity index (χ0) is 11.4. The molecule has 1 aromatic rings. The van der Waals surface area contributed by atoms with Crippen molar-refractivity contribution >= 4 is 5.69 Å². The van der Waals surface area contributed by atoms with Gasteiger partial charge in [0.1, 0.15) is 5.82 Å². The molecule has 1 aromatic carbocycles. The van der Waals surface area contributed by atoms with E-state index in [9.17, 15) is 14.5 Å². The zero-order valence-corrected chi connectivity index (χ0v) is 8.44.